The average Bonchev–Trinajstić information content (AvgIpc) is 3.20. The minimum atomic E-state index is 0.871. The molecule has 3 aromatic carbocycles. The maximum atomic E-state index is 5.93. The van der Waals surface area contributed by atoms with Gasteiger partial charge in [0.15, 0.2) is 0 Å². The van der Waals surface area contributed by atoms with E-state index in [0.717, 1.165) is 38.9 Å². The third kappa shape index (κ3) is 3.06. The van der Waals surface area contributed by atoms with Gasteiger partial charge in [0, 0.05) is 16.5 Å². The molecule has 5 aromatic rings. The quantitative estimate of drug-likeness (QED) is 0.289. The van der Waals surface area contributed by atoms with Crippen LogP contribution in [0.5, 0.6) is 0 Å². The zero-order valence-electron chi connectivity index (χ0n) is 17.6. The third-order valence-electron chi connectivity index (χ3n) is 5.15. The maximum Gasteiger partial charge on any atom is 0.0963 e. The molecule has 0 fully saturated rings. The lowest BCUT2D eigenvalue weighted by molar-refractivity contribution is 1.27. The molecule has 0 N–H and O–H groups in total. The van der Waals surface area contributed by atoms with E-state index in [1.807, 2.05) is 51.1 Å². The number of benzene rings is 3. The third-order valence-corrected chi connectivity index (χ3v) is 5.15. The molecule has 0 aliphatic carbocycles. The molecule has 0 spiro atoms. The van der Waals surface area contributed by atoms with Crippen LogP contribution in [0, 0.1) is 12.3 Å². The number of nitrogens with zero attached hydrogens (tertiary/aromatic N) is 2. The van der Waals surface area contributed by atoms with E-state index in [9.17, 15) is 0 Å². The first-order valence-electron chi connectivity index (χ1n) is 10.3. The van der Waals surface area contributed by atoms with Crippen molar-refractivity contribution in [1.29, 1.82) is 0 Å². The normalized spacial score (nSPS) is 11.0. The molecule has 30 heavy (non-hydrogen) atoms. The van der Waals surface area contributed by atoms with E-state index in [1.54, 1.807) is 0 Å². The second kappa shape index (κ2) is 8.27. The van der Waals surface area contributed by atoms with Gasteiger partial charge in [-0.2, -0.15) is 0 Å². The molecule has 0 amide bonds. The number of hydrogen-bond acceptors (Lipinski definition) is 1. The Morgan fingerprint density at radius 1 is 0.867 bits per heavy atom. The fourth-order valence-electron chi connectivity index (χ4n) is 3.96. The molecule has 0 atom stereocenters. The summed E-state index contributed by atoms with van der Waals surface area (Å²) in [5.41, 5.74) is 8.08. The topological polar surface area (TPSA) is 17.3 Å². The SMILES string of the molecule is C#Cc1c(/C=C\C)cccc1-c1nc2ccccc2n2c1cc1ccccc12.CC. The Bertz CT molecular complexity index is 1430. The van der Waals surface area contributed by atoms with Crippen molar-refractivity contribution in [3.63, 3.8) is 0 Å². The van der Waals surface area contributed by atoms with Crippen LogP contribution in [0.1, 0.15) is 31.9 Å². The van der Waals surface area contributed by atoms with Crippen molar-refractivity contribution in [2.75, 3.05) is 0 Å². The van der Waals surface area contributed by atoms with E-state index in [-0.39, 0.29) is 0 Å². The molecule has 0 aliphatic heterocycles. The molecule has 0 unspecified atom stereocenters. The molecule has 2 heteroatoms. The minimum Gasteiger partial charge on any atom is -0.306 e. The first kappa shape index (κ1) is 19.5. The highest BCUT2D eigenvalue weighted by atomic mass is 14.9. The summed E-state index contributed by atoms with van der Waals surface area (Å²) in [5.74, 6) is 2.89. The van der Waals surface area contributed by atoms with Crippen LogP contribution < -0.4 is 0 Å². The standard InChI is InChI=1S/C26H18N2.C2H6/c1-3-10-18-12-9-13-21(20(18)4-2)26-25-17-19-11-5-7-15-23(19)28(25)24-16-8-6-14-22(24)27-26;1-2/h2-3,5-17H,1H3;1-2H3/b10-3-;. The van der Waals surface area contributed by atoms with Crippen molar-refractivity contribution in [1.82, 2.24) is 9.38 Å². The number of para-hydroxylation sites is 3. The molecule has 146 valence electrons. The maximum absolute atomic E-state index is 5.93. The smallest absolute Gasteiger partial charge is 0.0963 e. The predicted octanol–water partition coefficient (Wildman–Crippen LogP) is 7.35. The van der Waals surface area contributed by atoms with Gasteiger partial charge in [-0.1, -0.05) is 80.5 Å². The van der Waals surface area contributed by atoms with Crippen molar-refractivity contribution in [3.8, 4) is 23.6 Å². The molecular formula is C28H24N2. The highest BCUT2D eigenvalue weighted by molar-refractivity contribution is 5.99. The Kier molecular flexibility index (Phi) is 5.37. The number of terminal acetylenes is 1. The van der Waals surface area contributed by atoms with Crippen LogP contribution in [0.2, 0.25) is 0 Å². The summed E-state index contributed by atoms with van der Waals surface area (Å²) >= 11 is 0. The van der Waals surface area contributed by atoms with Gasteiger partial charge < -0.3 is 4.40 Å². The number of allylic oxidation sites excluding steroid dienone is 1. The lowest BCUT2D eigenvalue weighted by Gasteiger charge is -2.12. The largest absolute Gasteiger partial charge is 0.306 e. The second-order valence-electron chi connectivity index (χ2n) is 6.79. The summed E-state index contributed by atoms with van der Waals surface area (Å²) in [6.07, 6.45) is 9.99. The first-order valence-corrected chi connectivity index (χ1v) is 10.3. The molecule has 5 rings (SSSR count). The summed E-state index contributed by atoms with van der Waals surface area (Å²) in [5, 5.41) is 1.19. The van der Waals surface area contributed by atoms with Gasteiger partial charge in [-0.3, -0.25) is 0 Å². The van der Waals surface area contributed by atoms with Gasteiger partial charge in [0.1, 0.15) is 0 Å². The van der Waals surface area contributed by atoms with Crippen LogP contribution in [-0.4, -0.2) is 9.38 Å². The lowest BCUT2D eigenvalue weighted by atomic mass is 9.98. The van der Waals surface area contributed by atoms with E-state index in [2.05, 4.69) is 64.9 Å². The Balaban J connectivity index is 0.00000106. The van der Waals surface area contributed by atoms with Gasteiger partial charge >= 0.3 is 0 Å². The summed E-state index contributed by atoms with van der Waals surface area (Å²) in [6, 6.07) is 25.0. The second-order valence-corrected chi connectivity index (χ2v) is 6.79. The van der Waals surface area contributed by atoms with Crippen molar-refractivity contribution >= 4 is 33.5 Å². The molecule has 2 aromatic heterocycles. The van der Waals surface area contributed by atoms with Gasteiger partial charge in [0.25, 0.3) is 0 Å². The molecule has 0 aliphatic rings. The Hall–Kier alpha value is -3.83. The fourth-order valence-corrected chi connectivity index (χ4v) is 3.96. The van der Waals surface area contributed by atoms with E-state index in [1.165, 1.54) is 10.9 Å². The van der Waals surface area contributed by atoms with Gasteiger partial charge in [0.05, 0.1) is 27.8 Å². The number of hydrogen-bond donors (Lipinski definition) is 0. The molecule has 2 heterocycles. The average molecular weight is 389 g/mol. The van der Waals surface area contributed by atoms with Crippen LogP contribution in [0.4, 0.5) is 0 Å². The van der Waals surface area contributed by atoms with E-state index < -0.39 is 0 Å². The first-order chi connectivity index (χ1) is 14.8. The molecule has 0 saturated carbocycles. The summed E-state index contributed by atoms with van der Waals surface area (Å²) < 4.78 is 2.29. The lowest BCUT2D eigenvalue weighted by Crippen LogP contribution is -1.97. The van der Waals surface area contributed by atoms with Crippen molar-refractivity contribution in [2.24, 2.45) is 0 Å². The van der Waals surface area contributed by atoms with E-state index >= 15 is 0 Å². The van der Waals surface area contributed by atoms with Crippen molar-refractivity contribution < 1.29 is 0 Å². The number of fused-ring (bicyclic) bond motifs is 5. The Morgan fingerprint density at radius 2 is 1.60 bits per heavy atom. The van der Waals surface area contributed by atoms with E-state index in [0.29, 0.717) is 0 Å². The van der Waals surface area contributed by atoms with Crippen LogP contribution in [0.15, 0.2) is 78.9 Å². The zero-order chi connectivity index (χ0) is 21.1. The van der Waals surface area contributed by atoms with Crippen LogP contribution in [0.3, 0.4) is 0 Å². The van der Waals surface area contributed by atoms with Crippen molar-refractivity contribution in [3.05, 3.63) is 90.0 Å². The van der Waals surface area contributed by atoms with Gasteiger partial charge in [0.2, 0.25) is 0 Å². The number of rotatable bonds is 2. The van der Waals surface area contributed by atoms with Gasteiger partial charge in [-0.15, -0.1) is 6.42 Å². The highest BCUT2D eigenvalue weighted by Gasteiger charge is 2.16. The monoisotopic (exact) mass is 388 g/mol. The minimum absolute atomic E-state index is 0.871. The molecule has 0 bridgehead atoms. The van der Waals surface area contributed by atoms with Gasteiger partial charge in [-0.25, -0.2) is 4.98 Å². The fraction of sp³-hybridized carbons (Fsp3) is 0.107. The van der Waals surface area contributed by atoms with E-state index in [4.69, 9.17) is 11.4 Å². The Morgan fingerprint density at radius 3 is 2.37 bits per heavy atom. The van der Waals surface area contributed by atoms with Crippen molar-refractivity contribution in [2.45, 2.75) is 20.8 Å². The molecular weight excluding hydrogens is 364 g/mol. The zero-order valence-corrected chi connectivity index (χ0v) is 17.6. The summed E-state index contributed by atoms with van der Waals surface area (Å²) in [7, 11) is 0. The molecule has 2 nitrogen and oxygen atoms in total. The van der Waals surface area contributed by atoms with Gasteiger partial charge in [-0.05, 0) is 36.8 Å². The van der Waals surface area contributed by atoms with Crippen LogP contribution in [-0.2, 0) is 0 Å². The summed E-state index contributed by atoms with van der Waals surface area (Å²) in [4.78, 5) is 5.04. The van der Waals surface area contributed by atoms with Crippen LogP contribution >= 0.6 is 0 Å². The Labute approximate surface area is 177 Å². The van der Waals surface area contributed by atoms with Crippen LogP contribution in [0.25, 0.3) is 44.8 Å². The predicted molar refractivity (Wildman–Crippen MR) is 130 cm³/mol. The highest BCUT2D eigenvalue weighted by Crippen LogP contribution is 2.34. The number of aromatic nitrogens is 2. The molecule has 0 saturated heterocycles. The summed E-state index contributed by atoms with van der Waals surface area (Å²) in [6.45, 7) is 6.00. The molecule has 0 radical (unpaired) electrons.